The van der Waals surface area contributed by atoms with Gasteiger partial charge in [-0.15, -0.1) is 0 Å². The van der Waals surface area contributed by atoms with E-state index in [9.17, 15) is 4.79 Å². The van der Waals surface area contributed by atoms with E-state index in [4.69, 9.17) is 9.47 Å². The predicted molar refractivity (Wildman–Crippen MR) is 122 cm³/mol. The Morgan fingerprint density at radius 1 is 0.967 bits per heavy atom. The van der Waals surface area contributed by atoms with E-state index in [0.29, 0.717) is 13.0 Å². The summed E-state index contributed by atoms with van der Waals surface area (Å²) in [6, 6.07) is 22.1. The number of amides is 1. The van der Waals surface area contributed by atoms with Gasteiger partial charge in [0.05, 0.1) is 6.10 Å². The van der Waals surface area contributed by atoms with E-state index < -0.39 is 6.10 Å². The van der Waals surface area contributed by atoms with Crippen LogP contribution < -0.4 is 14.8 Å². The van der Waals surface area contributed by atoms with Gasteiger partial charge in [-0.2, -0.15) is 0 Å². The average Bonchev–Trinajstić information content (AvgIpc) is 2.74. The van der Waals surface area contributed by atoms with Crippen LogP contribution >= 0.6 is 0 Å². The van der Waals surface area contributed by atoms with Crippen LogP contribution in [0.25, 0.3) is 10.8 Å². The molecule has 3 aromatic rings. The fourth-order valence-electron chi connectivity index (χ4n) is 3.44. The average molecular weight is 406 g/mol. The lowest BCUT2D eigenvalue weighted by Gasteiger charge is -2.18. The summed E-state index contributed by atoms with van der Waals surface area (Å²) in [7, 11) is 0. The second-order valence-electron chi connectivity index (χ2n) is 7.70. The van der Waals surface area contributed by atoms with Gasteiger partial charge in [0.2, 0.25) is 0 Å². The molecule has 1 N–H and O–H groups in total. The Balaban J connectivity index is 1.51. The molecule has 0 bridgehead atoms. The molecule has 0 saturated carbocycles. The molecule has 0 aromatic heterocycles. The third-order valence-electron chi connectivity index (χ3n) is 4.89. The van der Waals surface area contributed by atoms with Gasteiger partial charge in [0.15, 0.2) is 6.10 Å². The molecule has 3 rings (SSSR count). The van der Waals surface area contributed by atoms with E-state index in [-0.39, 0.29) is 12.0 Å². The first-order chi connectivity index (χ1) is 14.6. The molecule has 0 saturated heterocycles. The third kappa shape index (κ3) is 5.99. The summed E-state index contributed by atoms with van der Waals surface area (Å²) in [4.78, 5) is 12.6. The van der Waals surface area contributed by atoms with Gasteiger partial charge in [-0.05, 0) is 62.3 Å². The molecule has 1 amide bonds. The summed E-state index contributed by atoms with van der Waals surface area (Å²) in [6.45, 7) is 6.62. The van der Waals surface area contributed by atoms with Crippen LogP contribution in [0.1, 0.15) is 39.2 Å². The molecular formula is C26H31NO3. The van der Waals surface area contributed by atoms with Crippen molar-refractivity contribution in [2.75, 3.05) is 6.54 Å². The largest absolute Gasteiger partial charge is 0.491 e. The zero-order valence-electron chi connectivity index (χ0n) is 18.1. The minimum absolute atomic E-state index is 0.0673. The van der Waals surface area contributed by atoms with Crippen molar-refractivity contribution in [3.63, 3.8) is 0 Å². The lowest BCUT2D eigenvalue weighted by Crippen LogP contribution is -2.38. The van der Waals surface area contributed by atoms with Crippen molar-refractivity contribution in [3.8, 4) is 11.5 Å². The van der Waals surface area contributed by atoms with Crippen molar-refractivity contribution < 1.29 is 14.3 Å². The van der Waals surface area contributed by atoms with Gasteiger partial charge < -0.3 is 14.8 Å². The van der Waals surface area contributed by atoms with E-state index in [2.05, 4.69) is 17.4 Å². The molecule has 0 aliphatic heterocycles. The highest BCUT2D eigenvalue weighted by Gasteiger charge is 2.18. The molecular weight excluding hydrogens is 374 g/mol. The second-order valence-corrected chi connectivity index (χ2v) is 7.70. The Bertz CT molecular complexity index is 962. The zero-order valence-corrected chi connectivity index (χ0v) is 18.1. The number of fused-ring (bicyclic) bond motifs is 1. The maximum Gasteiger partial charge on any atom is 0.261 e. The minimum atomic E-state index is -0.501. The van der Waals surface area contributed by atoms with E-state index in [1.54, 1.807) is 0 Å². The number of hydrogen-bond acceptors (Lipinski definition) is 3. The second kappa shape index (κ2) is 10.7. The van der Waals surface area contributed by atoms with Crippen molar-refractivity contribution in [1.29, 1.82) is 0 Å². The number of carbonyl (C=O) groups is 1. The van der Waals surface area contributed by atoms with E-state index in [1.807, 2.05) is 75.4 Å². The van der Waals surface area contributed by atoms with Crippen molar-refractivity contribution in [2.24, 2.45) is 0 Å². The fourth-order valence-corrected chi connectivity index (χ4v) is 3.44. The monoisotopic (exact) mass is 405 g/mol. The van der Waals surface area contributed by atoms with Crippen molar-refractivity contribution in [2.45, 2.75) is 52.2 Å². The molecule has 1 unspecified atom stereocenters. The van der Waals surface area contributed by atoms with Crippen molar-refractivity contribution in [1.82, 2.24) is 5.32 Å². The van der Waals surface area contributed by atoms with Crippen LogP contribution in [0.2, 0.25) is 0 Å². The molecule has 0 radical (unpaired) electrons. The Hall–Kier alpha value is -3.01. The number of ether oxygens (including phenoxy) is 2. The normalized spacial score (nSPS) is 12.0. The third-order valence-corrected chi connectivity index (χ3v) is 4.89. The van der Waals surface area contributed by atoms with Gasteiger partial charge in [0.1, 0.15) is 11.5 Å². The smallest absolute Gasteiger partial charge is 0.261 e. The molecule has 0 fully saturated rings. The lowest BCUT2D eigenvalue weighted by atomic mass is 10.1. The number of nitrogens with one attached hydrogen (secondary N) is 1. The van der Waals surface area contributed by atoms with E-state index >= 15 is 0 Å². The Morgan fingerprint density at radius 3 is 2.53 bits per heavy atom. The van der Waals surface area contributed by atoms with Crippen LogP contribution in [0.4, 0.5) is 0 Å². The molecule has 0 aliphatic carbocycles. The summed E-state index contributed by atoms with van der Waals surface area (Å²) in [6.07, 6.45) is 2.02. The van der Waals surface area contributed by atoms with Gasteiger partial charge in [0.25, 0.3) is 5.91 Å². The van der Waals surface area contributed by atoms with Gasteiger partial charge in [-0.3, -0.25) is 4.79 Å². The maximum atomic E-state index is 12.6. The van der Waals surface area contributed by atoms with Gasteiger partial charge in [-0.25, -0.2) is 0 Å². The Morgan fingerprint density at radius 2 is 1.73 bits per heavy atom. The number of rotatable bonds is 10. The zero-order chi connectivity index (χ0) is 21.3. The van der Waals surface area contributed by atoms with Gasteiger partial charge in [-0.1, -0.05) is 55.5 Å². The van der Waals surface area contributed by atoms with Crippen LogP contribution in [0.15, 0.2) is 66.7 Å². The molecule has 1 atom stereocenters. The first-order valence-corrected chi connectivity index (χ1v) is 10.7. The van der Waals surface area contributed by atoms with Crippen LogP contribution in [-0.2, 0) is 11.2 Å². The maximum absolute atomic E-state index is 12.6. The highest BCUT2D eigenvalue weighted by Crippen LogP contribution is 2.26. The number of carbonyl (C=O) groups excluding carboxylic acids is 1. The summed E-state index contributed by atoms with van der Waals surface area (Å²) >= 11 is 0. The summed E-state index contributed by atoms with van der Waals surface area (Å²) in [5.74, 6) is 1.57. The Kier molecular flexibility index (Phi) is 7.72. The summed E-state index contributed by atoms with van der Waals surface area (Å²) in [5.41, 5.74) is 1.21. The van der Waals surface area contributed by atoms with Crippen LogP contribution in [0.5, 0.6) is 11.5 Å². The molecule has 0 aliphatic rings. The summed E-state index contributed by atoms with van der Waals surface area (Å²) < 4.78 is 11.8. The van der Waals surface area contributed by atoms with Gasteiger partial charge >= 0.3 is 0 Å². The molecule has 30 heavy (non-hydrogen) atoms. The highest BCUT2D eigenvalue weighted by molar-refractivity contribution is 5.89. The highest BCUT2D eigenvalue weighted by atomic mass is 16.5. The van der Waals surface area contributed by atoms with Gasteiger partial charge in [0, 0.05) is 11.9 Å². The fraction of sp³-hybridized carbons (Fsp3) is 0.346. The molecule has 4 heteroatoms. The first kappa shape index (κ1) is 21.7. The molecule has 0 heterocycles. The minimum Gasteiger partial charge on any atom is -0.491 e. The topological polar surface area (TPSA) is 47.6 Å². The number of benzene rings is 3. The SMILES string of the molecule is CCC(Oc1cccc2ccccc12)C(=O)NCCCc1cccc(OC(C)C)c1. The first-order valence-electron chi connectivity index (χ1n) is 10.7. The van der Waals surface area contributed by atoms with Crippen LogP contribution in [0, 0.1) is 0 Å². The number of hydrogen-bond donors (Lipinski definition) is 1. The lowest BCUT2D eigenvalue weighted by molar-refractivity contribution is -0.128. The van der Waals surface area contributed by atoms with Crippen molar-refractivity contribution in [3.05, 3.63) is 72.3 Å². The van der Waals surface area contributed by atoms with Crippen molar-refractivity contribution >= 4 is 16.7 Å². The predicted octanol–water partition coefficient (Wildman–Crippen LogP) is 5.53. The van der Waals surface area contributed by atoms with E-state index in [1.165, 1.54) is 5.56 Å². The molecule has 158 valence electrons. The molecule has 4 nitrogen and oxygen atoms in total. The molecule has 0 spiro atoms. The molecule has 3 aromatic carbocycles. The standard InChI is InChI=1S/C26H31NO3/c1-4-24(30-25-16-8-13-21-12-5-6-15-23(21)25)26(28)27-17-9-11-20-10-7-14-22(18-20)29-19(2)3/h5-8,10,12-16,18-19,24H,4,9,11,17H2,1-3H3,(H,27,28). The van der Waals surface area contributed by atoms with Crippen LogP contribution in [0.3, 0.4) is 0 Å². The number of aryl methyl sites for hydroxylation is 1. The Labute approximate surface area is 179 Å². The van der Waals surface area contributed by atoms with E-state index in [0.717, 1.165) is 35.1 Å². The van der Waals surface area contributed by atoms with Crippen LogP contribution in [-0.4, -0.2) is 24.7 Å². The summed E-state index contributed by atoms with van der Waals surface area (Å²) in [5, 5.41) is 5.15. The quantitative estimate of drug-likeness (QED) is 0.451.